The Morgan fingerprint density at radius 3 is 2.30 bits per heavy atom. The van der Waals surface area contributed by atoms with Crippen LogP contribution in [0.5, 0.6) is 0 Å². The lowest BCUT2D eigenvalue weighted by atomic mass is 10.2. The summed E-state index contributed by atoms with van der Waals surface area (Å²) in [4.78, 5) is 12.8. The first kappa shape index (κ1) is 31.1. The molecule has 1 saturated heterocycles. The van der Waals surface area contributed by atoms with Gasteiger partial charge in [0.1, 0.15) is 17.2 Å². The summed E-state index contributed by atoms with van der Waals surface area (Å²) >= 11 is 0. The Bertz CT molecular complexity index is 1740. The van der Waals surface area contributed by atoms with E-state index in [1.165, 1.54) is 22.6 Å². The Morgan fingerprint density at radius 2 is 1.73 bits per heavy atom. The summed E-state index contributed by atoms with van der Waals surface area (Å²) in [6.45, 7) is 0.999. The smallest absolute Gasteiger partial charge is 0.417 e. The van der Waals surface area contributed by atoms with Crippen molar-refractivity contribution < 1.29 is 48.7 Å². The van der Waals surface area contributed by atoms with Gasteiger partial charge in [-0.25, -0.2) is 22.3 Å². The zero-order valence-corrected chi connectivity index (χ0v) is 23.4. The number of aryl methyl sites for hydroxylation is 1. The van der Waals surface area contributed by atoms with Gasteiger partial charge in [-0.15, -0.1) is 0 Å². The molecular formula is C27H22F7N5O4S. The first-order chi connectivity index (χ1) is 20.4. The van der Waals surface area contributed by atoms with E-state index in [1.807, 2.05) is 6.07 Å². The average molecular weight is 646 g/mol. The third kappa shape index (κ3) is 6.03. The lowest BCUT2D eigenvalue weighted by molar-refractivity contribution is -0.140. The van der Waals surface area contributed by atoms with Crippen LogP contribution in [0.25, 0.3) is 5.69 Å². The molecule has 0 spiro atoms. The van der Waals surface area contributed by atoms with Gasteiger partial charge >= 0.3 is 18.4 Å². The number of benzene rings is 2. The quantitative estimate of drug-likeness (QED) is 0.277. The van der Waals surface area contributed by atoms with Crippen molar-refractivity contribution >= 4 is 21.7 Å². The van der Waals surface area contributed by atoms with Crippen LogP contribution >= 0.6 is 0 Å². The van der Waals surface area contributed by atoms with Crippen LogP contribution < -0.4 is 10.2 Å². The highest BCUT2D eigenvalue weighted by molar-refractivity contribution is 7.92. The zero-order chi connectivity index (χ0) is 32.2. The van der Waals surface area contributed by atoms with E-state index in [0.717, 1.165) is 24.3 Å². The molecule has 0 radical (unpaired) electrons. The average Bonchev–Trinajstić information content (AvgIpc) is 3.40. The molecule has 1 amide bonds. The minimum absolute atomic E-state index is 0.0642. The molecule has 2 aliphatic rings. The molecule has 234 valence electrons. The number of alkyl halides is 6. The van der Waals surface area contributed by atoms with Gasteiger partial charge in [0.25, 0.3) is 0 Å². The molecule has 1 aromatic heterocycles. The number of hydrogen-bond acceptors (Lipinski definition) is 7. The maximum absolute atomic E-state index is 13.8. The number of alkyl carbamates (subject to hydrolysis) is 1. The number of aromatic nitrogens is 2. The summed E-state index contributed by atoms with van der Waals surface area (Å²) in [7, 11) is -4.85. The van der Waals surface area contributed by atoms with Gasteiger partial charge in [0, 0.05) is 19.0 Å². The van der Waals surface area contributed by atoms with Crippen LogP contribution in [0, 0.1) is 24.1 Å². The van der Waals surface area contributed by atoms with Crippen LogP contribution in [0.4, 0.5) is 41.3 Å². The summed E-state index contributed by atoms with van der Waals surface area (Å²) in [5.41, 5.74) is -3.37. The van der Waals surface area contributed by atoms with E-state index >= 15 is 0 Å². The summed E-state index contributed by atoms with van der Waals surface area (Å²) in [6.07, 6.45) is -12.2. The normalized spacial score (nSPS) is 19.8. The molecule has 1 N–H and O–H groups in total. The monoisotopic (exact) mass is 645 g/mol. The van der Waals surface area contributed by atoms with Crippen molar-refractivity contribution in [3.63, 3.8) is 0 Å². The molecule has 17 heteroatoms. The van der Waals surface area contributed by atoms with Crippen LogP contribution in [0.15, 0.2) is 53.4 Å². The van der Waals surface area contributed by atoms with E-state index in [9.17, 15) is 49.2 Å². The van der Waals surface area contributed by atoms with Gasteiger partial charge in [0.2, 0.25) is 0 Å². The Labute approximate surface area is 245 Å². The number of nitriles is 1. The maximum atomic E-state index is 13.8. The van der Waals surface area contributed by atoms with Crippen molar-refractivity contribution in [1.82, 2.24) is 15.1 Å². The number of carbonyl (C=O) groups is 1. The zero-order valence-electron chi connectivity index (χ0n) is 22.6. The SMILES string of the molecule is Cc1cc(N2C[C@H](S(=O)(=O)c3ccc(F)cc3C(F)(F)F)C[C@@H]2OC(=O)NC2(C#N)CC2)n(-c2ccc(C(F)(F)F)cc2)n1. The molecule has 44 heavy (non-hydrogen) atoms. The van der Waals surface area contributed by atoms with Crippen LogP contribution in [0.3, 0.4) is 0 Å². The van der Waals surface area contributed by atoms with E-state index in [1.54, 1.807) is 0 Å². The fourth-order valence-electron chi connectivity index (χ4n) is 4.90. The molecule has 2 atom stereocenters. The Hall–Kier alpha value is -4.33. The summed E-state index contributed by atoms with van der Waals surface area (Å²) in [5.74, 6) is -1.24. The number of carbonyl (C=O) groups excluding carboxylic acids is 1. The molecule has 9 nitrogen and oxygen atoms in total. The predicted octanol–water partition coefficient (Wildman–Crippen LogP) is 5.52. The summed E-state index contributed by atoms with van der Waals surface area (Å²) in [5, 5.41) is 14.4. The Kier molecular flexibility index (Phi) is 7.55. The van der Waals surface area contributed by atoms with Gasteiger partial charge in [0.15, 0.2) is 16.1 Å². The predicted molar refractivity (Wildman–Crippen MR) is 139 cm³/mol. The molecule has 2 aromatic carbocycles. The number of nitrogens with zero attached hydrogens (tertiary/aromatic N) is 4. The van der Waals surface area contributed by atoms with Crippen LogP contribution in [0.2, 0.25) is 0 Å². The molecule has 1 saturated carbocycles. The fraction of sp³-hybridized carbons (Fsp3) is 0.370. The van der Waals surface area contributed by atoms with Crippen LogP contribution in [-0.2, 0) is 26.9 Å². The van der Waals surface area contributed by atoms with Crippen LogP contribution in [0.1, 0.15) is 36.1 Å². The number of hydrogen-bond donors (Lipinski definition) is 1. The molecule has 1 aliphatic carbocycles. The molecule has 2 heterocycles. The minimum Gasteiger partial charge on any atom is -0.425 e. The molecule has 0 bridgehead atoms. The van der Waals surface area contributed by atoms with E-state index in [4.69, 9.17) is 4.74 Å². The summed E-state index contributed by atoms with van der Waals surface area (Å²) in [6, 6.07) is 8.36. The standard InChI is InChI=1S/C27H22F7N5O4S/c1-15-10-22(39(37-15)18-5-2-16(3-6-18)26(29,30)31)38-13-19(12-23(38)43-24(40)36-25(14-35)8-9-25)44(41,42)21-7-4-17(28)11-20(21)27(32,33)34/h2-7,10-11,19,23H,8-9,12-13H2,1H3,(H,36,40)/t19-,23+/m1/s1. The molecule has 0 unspecified atom stereocenters. The van der Waals surface area contributed by atoms with E-state index < -0.39 is 80.1 Å². The first-order valence-electron chi connectivity index (χ1n) is 13.0. The van der Waals surface area contributed by atoms with E-state index in [-0.39, 0.29) is 17.6 Å². The Balaban J connectivity index is 1.54. The number of nitrogens with one attached hydrogen (secondary N) is 1. The Morgan fingerprint density at radius 1 is 1.07 bits per heavy atom. The van der Waals surface area contributed by atoms with Gasteiger partial charge in [-0.3, -0.25) is 0 Å². The topological polar surface area (TPSA) is 117 Å². The van der Waals surface area contributed by atoms with Crippen molar-refractivity contribution in [3.8, 4) is 11.8 Å². The lowest BCUT2D eigenvalue weighted by Gasteiger charge is -2.27. The molecule has 3 aromatic rings. The number of anilines is 1. The second-order valence-electron chi connectivity index (χ2n) is 10.5. The van der Waals surface area contributed by atoms with Crippen molar-refractivity contribution in [1.29, 1.82) is 5.26 Å². The minimum atomic E-state index is -5.22. The van der Waals surface area contributed by atoms with Gasteiger partial charge in [-0.1, -0.05) is 0 Å². The molecule has 2 fully saturated rings. The molecule has 5 rings (SSSR count). The van der Waals surface area contributed by atoms with Gasteiger partial charge < -0.3 is 15.0 Å². The second-order valence-corrected chi connectivity index (χ2v) is 12.7. The van der Waals surface area contributed by atoms with Crippen LogP contribution in [-0.4, -0.2) is 47.9 Å². The van der Waals surface area contributed by atoms with E-state index in [2.05, 4.69) is 10.4 Å². The highest BCUT2D eigenvalue weighted by atomic mass is 32.2. The van der Waals surface area contributed by atoms with Crippen molar-refractivity contribution in [2.45, 2.75) is 60.5 Å². The largest absolute Gasteiger partial charge is 0.425 e. The fourth-order valence-corrected chi connectivity index (χ4v) is 6.78. The number of rotatable bonds is 6. The molecular weight excluding hydrogens is 623 g/mol. The van der Waals surface area contributed by atoms with Crippen molar-refractivity contribution in [2.75, 3.05) is 11.4 Å². The number of ether oxygens (including phenoxy) is 1. The number of halogens is 7. The maximum Gasteiger partial charge on any atom is 0.417 e. The lowest BCUT2D eigenvalue weighted by Crippen LogP contribution is -2.42. The van der Waals surface area contributed by atoms with Gasteiger partial charge in [-0.05, 0) is 62.2 Å². The third-order valence-corrected chi connectivity index (χ3v) is 9.49. The second kappa shape index (κ2) is 10.7. The summed E-state index contributed by atoms with van der Waals surface area (Å²) < 4.78 is 128. The van der Waals surface area contributed by atoms with Gasteiger partial charge in [-0.2, -0.15) is 36.7 Å². The molecule has 1 aliphatic heterocycles. The van der Waals surface area contributed by atoms with E-state index in [0.29, 0.717) is 30.7 Å². The number of sulfone groups is 1. The highest BCUT2D eigenvalue weighted by Crippen LogP contribution is 2.40. The number of amides is 1. The van der Waals surface area contributed by atoms with Crippen molar-refractivity contribution in [3.05, 3.63) is 71.2 Å². The highest BCUT2D eigenvalue weighted by Gasteiger charge is 2.49. The van der Waals surface area contributed by atoms with Crippen molar-refractivity contribution in [2.24, 2.45) is 0 Å². The first-order valence-corrected chi connectivity index (χ1v) is 14.5. The van der Waals surface area contributed by atoms with Gasteiger partial charge in [0.05, 0.1) is 38.7 Å². The third-order valence-electron chi connectivity index (χ3n) is 7.30.